The van der Waals surface area contributed by atoms with Crippen LogP contribution in [0.15, 0.2) is 17.0 Å². The number of aliphatic hydroxyl groups excluding tert-OH is 1. The van der Waals surface area contributed by atoms with Crippen LogP contribution in [-0.4, -0.2) is 26.7 Å². The molecule has 1 aliphatic rings. The van der Waals surface area contributed by atoms with Crippen LogP contribution in [0.1, 0.15) is 31.7 Å². The van der Waals surface area contributed by atoms with Gasteiger partial charge in [0.1, 0.15) is 10.6 Å². The number of nitrogens with one attached hydrogen (secondary N) is 1. The molecule has 21 heavy (non-hydrogen) atoms. The van der Waals surface area contributed by atoms with Gasteiger partial charge in [0, 0.05) is 16.6 Å². The van der Waals surface area contributed by atoms with Gasteiger partial charge in [0.25, 0.3) is 0 Å². The third-order valence-corrected chi connectivity index (χ3v) is 5.74. The van der Waals surface area contributed by atoms with E-state index in [2.05, 4.69) is 4.72 Å². The van der Waals surface area contributed by atoms with E-state index in [1.54, 1.807) is 0 Å². The van der Waals surface area contributed by atoms with Crippen LogP contribution in [0, 0.1) is 5.92 Å². The summed E-state index contributed by atoms with van der Waals surface area (Å²) in [6, 6.07) is 2.70. The molecule has 7 heteroatoms. The Bertz CT molecular complexity index is 614. The lowest BCUT2D eigenvalue weighted by molar-refractivity contribution is 0.260. The Balaban J connectivity index is 2.36. The van der Waals surface area contributed by atoms with Crippen molar-refractivity contribution >= 4 is 21.6 Å². The molecule has 0 radical (unpaired) electrons. The highest BCUT2D eigenvalue weighted by atomic mass is 35.5. The third kappa shape index (κ3) is 3.51. The van der Waals surface area contributed by atoms with E-state index in [-0.39, 0.29) is 28.3 Å². The van der Waals surface area contributed by atoms with E-state index >= 15 is 0 Å². The number of hydrogen-bond donors (Lipinski definition) is 2. The Morgan fingerprint density at radius 2 is 2.14 bits per heavy atom. The number of ether oxygens (including phenoxy) is 1. The summed E-state index contributed by atoms with van der Waals surface area (Å²) in [7, 11) is -2.38. The molecule has 1 aromatic rings. The summed E-state index contributed by atoms with van der Waals surface area (Å²) in [4.78, 5) is -0.0345. The van der Waals surface area contributed by atoms with E-state index < -0.39 is 10.0 Å². The van der Waals surface area contributed by atoms with E-state index in [1.807, 2.05) is 6.92 Å². The van der Waals surface area contributed by atoms with Crippen molar-refractivity contribution < 1.29 is 18.3 Å². The summed E-state index contributed by atoms with van der Waals surface area (Å²) < 4.78 is 32.9. The van der Waals surface area contributed by atoms with E-state index in [1.165, 1.54) is 19.2 Å². The summed E-state index contributed by atoms with van der Waals surface area (Å²) in [5, 5.41) is 9.57. The highest BCUT2D eigenvalue weighted by Crippen LogP contribution is 2.34. The minimum atomic E-state index is -3.75. The van der Waals surface area contributed by atoms with Crippen LogP contribution in [0.2, 0.25) is 5.02 Å². The molecule has 1 aliphatic carbocycles. The van der Waals surface area contributed by atoms with Crippen molar-refractivity contribution in [2.24, 2.45) is 5.92 Å². The van der Waals surface area contributed by atoms with Crippen LogP contribution in [0.3, 0.4) is 0 Å². The van der Waals surface area contributed by atoms with E-state index in [0.717, 1.165) is 19.3 Å². The van der Waals surface area contributed by atoms with Crippen LogP contribution in [-0.2, 0) is 16.6 Å². The van der Waals surface area contributed by atoms with Gasteiger partial charge in [-0.25, -0.2) is 13.1 Å². The topological polar surface area (TPSA) is 75.6 Å². The first-order valence-electron chi connectivity index (χ1n) is 6.88. The van der Waals surface area contributed by atoms with Crippen LogP contribution in [0.25, 0.3) is 0 Å². The van der Waals surface area contributed by atoms with Gasteiger partial charge < -0.3 is 9.84 Å². The first-order valence-corrected chi connectivity index (χ1v) is 8.74. The number of sulfonamides is 1. The average Bonchev–Trinajstić information content (AvgIpc) is 2.34. The zero-order valence-electron chi connectivity index (χ0n) is 12.1. The minimum absolute atomic E-state index is 0.0345. The largest absolute Gasteiger partial charge is 0.495 e. The maximum atomic E-state index is 12.6. The summed E-state index contributed by atoms with van der Waals surface area (Å²) in [5.41, 5.74) is 0.349. The molecular weight excluding hydrogens is 314 g/mol. The predicted octanol–water partition coefficient (Wildman–Crippen LogP) is 2.31. The fourth-order valence-corrected chi connectivity index (χ4v) is 4.37. The van der Waals surface area contributed by atoms with Gasteiger partial charge in [0.15, 0.2) is 0 Å². The average molecular weight is 334 g/mol. The Hall–Kier alpha value is -0.820. The van der Waals surface area contributed by atoms with Crippen molar-refractivity contribution in [1.29, 1.82) is 0 Å². The molecule has 0 bridgehead atoms. The van der Waals surface area contributed by atoms with Crippen LogP contribution in [0.5, 0.6) is 5.75 Å². The Kier molecular flexibility index (Phi) is 5.14. The van der Waals surface area contributed by atoms with E-state index in [4.69, 9.17) is 16.3 Å². The smallest absolute Gasteiger partial charge is 0.244 e. The standard InChI is InChI=1S/C14H20ClNO4S/c1-9(10-4-3-5-10)16-21(18,19)13-7-12(15)6-11(8-17)14(13)20-2/h6-7,9-10,16-17H,3-5,8H2,1-2H3. The number of methoxy groups -OCH3 is 1. The van der Waals surface area contributed by atoms with Crippen molar-refractivity contribution in [2.45, 2.75) is 43.7 Å². The first-order chi connectivity index (χ1) is 9.89. The van der Waals surface area contributed by atoms with Crippen molar-refractivity contribution in [2.75, 3.05) is 7.11 Å². The number of benzene rings is 1. The second-order valence-corrected chi connectivity index (χ2v) is 7.47. The van der Waals surface area contributed by atoms with Gasteiger partial charge in [-0.15, -0.1) is 0 Å². The van der Waals surface area contributed by atoms with E-state index in [9.17, 15) is 13.5 Å². The first kappa shape index (κ1) is 16.5. The molecule has 1 unspecified atom stereocenters. The third-order valence-electron chi connectivity index (χ3n) is 3.96. The Morgan fingerprint density at radius 3 is 2.62 bits per heavy atom. The van der Waals surface area contributed by atoms with Gasteiger partial charge >= 0.3 is 0 Å². The summed E-state index contributed by atoms with van der Waals surface area (Å²) in [6.45, 7) is 1.52. The quantitative estimate of drug-likeness (QED) is 0.837. The maximum absolute atomic E-state index is 12.6. The molecule has 1 saturated carbocycles. The number of halogens is 1. The van der Waals surface area contributed by atoms with Gasteiger partial charge in [0.05, 0.1) is 13.7 Å². The highest BCUT2D eigenvalue weighted by Gasteiger charge is 2.30. The van der Waals surface area contributed by atoms with Gasteiger partial charge in [-0.3, -0.25) is 0 Å². The Morgan fingerprint density at radius 1 is 1.48 bits per heavy atom. The monoisotopic (exact) mass is 333 g/mol. The molecule has 0 heterocycles. The molecule has 2 N–H and O–H groups in total. The SMILES string of the molecule is COc1c(CO)cc(Cl)cc1S(=O)(=O)NC(C)C1CCC1. The zero-order valence-corrected chi connectivity index (χ0v) is 13.7. The molecule has 1 aromatic carbocycles. The minimum Gasteiger partial charge on any atom is -0.495 e. The van der Waals surface area contributed by atoms with Crippen LogP contribution < -0.4 is 9.46 Å². The molecule has 2 rings (SSSR count). The van der Waals surface area contributed by atoms with Gasteiger partial charge in [0.2, 0.25) is 10.0 Å². The second-order valence-electron chi connectivity index (χ2n) is 5.36. The fraction of sp³-hybridized carbons (Fsp3) is 0.571. The molecule has 0 aromatic heterocycles. The molecular formula is C14H20ClNO4S. The fourth-order valence-electron chi connectivity index (χ4n) is 2.52. The van der Waals surface area contributed by atoms with Gasteiger partial charge in [-0.1, -0.05) is 18.0 Å². The number of hydrogen-bond acceptors (Lipinski definition) is 4. The van der Waals surface area contributed by atoms with Crippen molar-refractivity contribution in [3.63, 3.8) is 0 Å². The number of rotatable bonds is 6. The summed E-state index contributed by atoms with van der Waals surface area (Å²) in [6.07, 6.45) is 3.22. The van der Waals surface area contributed by atoms with Crippen molar-refractivity contribution in [3.8, 4) is 5.75 Å². The molecule has 0 spiro atoms. The lowest BCUT2D eigenvalue weighted by atomic mass is 9.81. The number of aliphatic hydroxyl groups is 1. The molecule has 0 saturated heterocycles. The van der Waals surface area contributed by atoms with E-state index in [0.29, 0.717) is 11.5 Å². The molecule has 0 aliphatic heterocycles. The molecule has 118 valence electrons. The van der Waals surface area contributed by atoms with Gasteiger partial charge in [-0.05, 0) is 37.8 Å². The summed E-state index contributed by atoms with van der Waals surface area (Å²) >= 11 is 5.94. The molecule has 5 nitrogen and oxygen atoms in total. The van der Waals surface area contributed by atoms with Gasteiger partial charge in [-0.2, -0.15) is 0 Å². The van der Waals surface area contributed by atoms with Crippen LogP contribution in [0.4, 0.5) is 0 Å². The lowest BCUT2D eigenvalue weighted by Gasteiger charge is -2.31. The summed E-state index contributed by atoms with van der Waals surface area (Å²) in [5.74, 6) is 0.512. The van der Waals surface area contributed by atoms with Crippen LogP contribution >= 0.6 is 11.6 Å². The molecule has 0 amide bonds. The maximum Gasteiger partial charge on any atom is 0.244 e. The normalized spacial score (nSPS) is 17.3. The molecule has 1 fully saturated rings. The lowest BCUT2D eigenvalue weighted by Crippen LogP contribution is -2.40. The second kappa shape index (κ2) is 6.52. The predicted molar refractivity (Wildman–Crippen MR) is 81.1 cm³/mol. The zero-order chi connectivity index (χ0) is 15.6. The molecule has 1 atom stereocenters. The Labute approximate surface area is 130 Å². The van der Waals surface area contributed by atoms with Crippen molar-refractivity contribution in [1.82, 2.24) is 4.72 Å². The van der Waals surface area contributed by atoms with Crippen molar-refractivity contribution in [3.05, 3.63) is 22.7 Å². The highest BCUT2D eigenvalue weighted by molar-refractivity contribution is 7.89.